The molecule has 0 bridgehead atoms. The fraction of sp³-hybridized carbons (Fsp3) is 0.529. The Hall–Kier alpha value is -2.24. The molecular formula is C17H21NO5. The van der Waals surface area contributed by atoms with Crippen LogP contribution in [0.4, 0.5) is 0 Å². The van der Waals surface area contributed by atoms with E-state index in [-0.39, 0.29) is 18.8 Å². The minimum absolute atomic E-state index is 0.147. The SMILES string of the molecule is CCOC(=O)[C@]1([C@H](C[N+](=O)[O-])c2ccccc2)CCCCC1=O. The summed E-state index contributed by atoms with van der Waals surface area (Å²) in [4.78, 5) is 36.1. The number of hydrogen-bond donors (Lipinski definition) is 0. The van der Waals surface area contributed by atoms with E-state index in [2.05, 4.69) is 0 Å². The highest BCUT2D eigenvalue weighted by molar-refractivity contribution is 6.05. The number of ketones is 1. The summed E-state index contributed by atoms with van der Waals surface area (Å²) in [5.41, 5.74) is -0.810. The van der Waals surface area contributed by atoms with Crippen molar-refractivity contribution in [3.05, 3.63) is 46.0 Å². The minimum atomic E-state index is -1.44. The summed E-state index contributed by atoms with van der Waals surface area (Å²) in [6.45, 7) is 1.35. The Morgan fingerprint density at radius 2 is 2.04 bits per heavy atom. The first kappa shape index (κ1) is 17.1. The Morgan fingerprint density at radius 3 is 2.61 bits per heavy atom. The molecule has 2 atom stereocenters. The molecule has 1 fully saturated rings. The van der Waals surface area contributed by atoms with Crippen LogP contribution in [0, 0.1) is 15.5 Å². The number of benzene rings is 1. The van der Waals surface area contributed by atoms with Gasteiger partial charge in [-0.3, -0.25) is 19.7 Å². The van der Waals surface area contributed by atoms with E-state index in [9.17, 15) is 19.7 Å². The summed E-state index contributed by atoms with van der Waals surface area (Å²) in [5, 5.41) is 11.2. The van der Waals surface area contributed by atoms with Crippen LogP contribution in [-0.2, 0) is 14.3 Å². The number of ether oxygens (including phenoxy) is 1. The van der Waals surface area contributed by atoms with E-state index in [4.69, 9.17) is 4.74 Å². The van der Waals surface area contributed by atoms with E-state index in [1.54, 1.807) is 37.3 Å². The first-order chi connectivity index (χ1) is 11.0. The van der Waals surface area contributed by atoms with E-state index in [1.165, 1.54) is 0 Å². The second-order valence-electron chi connectivity index (χ2n) is 5.80. The third-order valence-electron chi connectivity index (χ3n) is 4.49. The molecular weight excluding hydrogens is 298 g/mol. The minimum Gasteiger partial charge on any atom is -0.465 e. The lowest BCUT2D eigenvalue weighted by atomic mass is 9.63. The number of carbonyl (C=O) groups excluding carboxylic acids is 2. The largest absolute Gasteiger partial charge is 0.465 e. The Bertz CT molecular complexity index is 586. The van der Waals surface area contributed by atoms with Crippen molar-refractivity contribution >= 4 is 11.8 Å². The quantitative estimate of drug-likeness (QED) is 0.348. The van der Waals surface area contributed by atoms with Crippen LogP contribution in [0.1, 0.15) is 44.1 Å². The van der Waals surface area contributed by atoms with Gasteiger partial charge in [-0.15, -0.1) is 0 Å². The van der Waals surface area contributed by atoms with Crippen molar-refractivity contribution in [2.45, 2.75) is 38.5 Å². The molecule has 0 amide bonds. The van der Waals surface area contributed by atoms with Gasteiger partial charge in [0.15, 0.2) is 5.78 Å². The molecule has 23 heavy (non-hydrogen) atoms. The van der Waals surface area contributed by atoms with Gasteiger partial charge in [0.1, 0.15) is 5.41 Å². The van der Waals surface area contributed by atoms with E-state index in [0.717, 1.165) is 0 Å². The third kappa shape index (κ3) is 3.41. The summed E-state index contributed by atoms with van der Waals surface area (Å²) in [5.74, 6) is -1.66. The normalized spacial score (nSPS) is 22.4. The Kier molecular flexibility index (Phi) is 5.47. The maximum Gasteiger partial charge on any atom is 0.320 e. The highest BCUT2D eigenvalue weighted by Gasteiger charge is 2.55. The molecule has 0 aromatic heterocycles. The van der Waals surface area contributed by atoms with Crippen LogP contribution >= 0.6 is 0 Å². The van der Waals surface area contributed by atoms with E-state index in [0.29, 0.717) is 24.8 Å². The number of esters is 1. The van der Waals surface area contributed by atoms with Crippen molar-refractivity contribution in [2.75, 3.05) is 13.2 Å². The second-order valence-corrected chi connectivity index (χ2v) is 5.80. The average molecular weight is 319 g/mol. The van der Waals surface area contributed by atoms with Crippen LogP contribution in [0.5, 0.6) is 0 Å². The van der Waals surface area contributed by atoms with Gasteiger partial charge in [-0.25, -0.2) is 0 Å². The van der Waals surface area contributed by atoms with E-state index >= 15 is 0 Å². The molecule has 6 heteroatoms. The summed E-state index contributed by atoms with van der Waals surface area (Å²) < 4.78 is 5.16. The van der Waals surface area contributed by atoms with Crippen molar-refractivity contribution in [3.63, 3.8) is 0 Å². The number of Topliss-reactive ketones (excluding diaryl/α,β-unsaturated/α-hetero) is 1. The van der Waals surface area contributed by atoms with Crippen molar-refractivity contribution < 1.29 is 19.2 Å². The zero-order chi connectivity index (χ0) is 16.9. The summed E-state index contributed by atoms with van der Waals surface area (Å²) in [7, 11) is 0. The fourth-order valence-corrected chi connectivity index (χ4v) is 3.42. The zero-order valence-corrected chi connectivity index (χ0v) is 13.2. The Morgan fingerprint density at radius 1 is 1.35 bits per heavy atom. The van der Waals surface area contributed by atoms with Gasteiger partial charge in [-0.05, 0) is 25.3 Å². The molecule has 0 unspecified atom stereocenters. The van der Waals surface area contributed by atoms with Crippen molar-refractivity contribution in [2.24, 2.45) is 5.41 Å². The zero-order valence-electron chi connectivity index (χ0n) is 13.2. The standard InChI is InChI=1S/C17H21NO5/c1-2-23-16(20)17(11-7-6-10-15(17)19)14(12-18(21)22)13-8-4-3-5-9-13/h3-5,8-9,14H,2,6-7,10-12H2,1H3/t14-,17+/m1/s1. The average Bonchev–Trinajstić information content (AvgIpc) is 2.54. The summed E-state index contributed by atoms with van der Waals surface area (Å²) in [6, 6.07) is 8.78. The van der Waals surface area contributed by atoms with Gasteiger partial charge in [-0.2, -0.15) is 0 Å². The van der Waals surface area contributed by atoms with Crippen LogP contribution in [-0.4, -0.2) is 29.8 Å². The topological polar surface area (TPSA) is 86.5 Å². The lowest BCUT2D eigenvalue weighted by Crippen LogP contribution is -2.49. The van der Waals surface area contributed by atoms with Gasteiger partial charge < -0.3 is 4.74 Å². The van der Waals surface area contributed by atoms with Crippen molar-refractivity contribution in [3.8, 4) is 0 Å². The van der Waals surface area contributed by atoms with Gasteiger partial charge in [0, 0.05) is 11.3 Å². The number of hydrogen-bond acceptors (Lipinski definition) is 5. The lowest BCUT2D eigenvalue weighted by molar-refractivity contribution is -0.485. The van der Waals surface area contributed by atoms with Crippen LogP contribution in [0.3, 0.4) is 0 Å². The molecule has 1 aliphatic rings. The van der Waals surface area contributed by atoms with Gasteiger partial charge in [0.2, 0.25) is 6.54 Å². The van der Waals surface area contributed by atoms with Crippen LogP contribution < -0.4 is 0 Å². The maximum atomic E-state index is 12.7. The molecule has 0 aliphatic heterocycles. The number of nitro groups is 1. The van der Waals surface area contributed by atoms with Gasteiger partial charge in [0.25, 0.3) is 0 Å². The van der Waals surface area contributed by atoms with Crippen LogP contribution in [0.25, 0.3) is 0 Å². The van der Waals surface area contributed by atoms with E-state index < -0.39 is 28.8 Å². The molecule has 0 N–H and O–H groups in total. The molecule has 0 saturated heterocycles. The third-order valence-corrected chi connectivity index (χ3v) is 4.49. The van der Waals surface area contributed by atoms with Crippen molar-refractivity contribution in [1.29, 1.82) is 0 Å². The lowest BCUT2D eigenvalue weighted by Gasteiger charge is -2.38. The summed E-state index contributed by atoms with van der Waals surface area (Å²) >= 11 is 0. The van der Waals surface area contributed by atoms with Crippen LogP contribution in [0.2, 0.25) is 0 Å². The molecule has 6 nitrogen and oxygen atoms in total. The van der Waals surface area contributed by atoms with Gasteiger partial charge in [0.05, 0.1) is 12.5 Å². The molecule has 0 heterocycles. The second kappa shape index (κ2) is 7.35. The summed E-state index contributed by atoms with van der Waals surface area (Å²) in [6.07, 6.45) is 1.96. The van der Waals surface area contributed by atoms with Crippen molar-refractivity contribution in [1.82, 2.24) is 0 Å². The van der Waals surface area contributed by atoms with Gasteiger partial charge in [-0.1, -0.05) is 36.8 Å². The number of carbonyl (C=O) groups is 2. The predicted molar refractivity (Wildman–Crippen MR) is 83.6 cm³/mol. The number of nitrogens with zero attached hydrogens (tertiary/aromatic N) is 1. The maximum absolute atomic E-state index is 12.7. The number of rotatable bonds is 6. The van der Waals surface area contributed by atoms with Gasteiger partial charge >= 0.3 is 5.97 Å². The fourth-order valence-electron chi connectivity index (χ4n) is 3.42. The molecule has 124 valence electrons. The smallest absolute Gasteiger partial charge is 0.320 e. The molecule has 2 rings (SSSR count). The van der Waals surface area contributed by atoms with Crippen LogP contribution in [0.15, 0.2) is 30.3 Å². The first-order valence-corrected chi connectivity index (χ1v) is 7.89. The molecule has 1 aliphatic carbocycles. The van der Waals surface area contributed by atoms with E-state index in [1.807, 2.05) is 0 Å². The Labute approximate surface area is 135 Å². The molecule has 1 saturated carbocycles. The Balaban J connectivity index is 2.53. The molecule has 1 aromatic rings. The highest BCUT2D eigenvalue weighted by atomic mass is 16.6. The molecule has 0 spiro atoms. The molecule has 1 aromatic carbocycles. The highest BCUT2D eigenvalue weighted by Crippen LogP contribution is 2.46. The predicted octanol–water partition coefficient (Wildman–Crippen LogP) is 2.74. The monoisotopic (exact) mass is 319 g/mol. The first-order valence-electron chi connectivity index (χ1n) is 7.89. The molecule has 0 radical (unpaired) electrons.